The number of nitrogens with zero attached hydrogens (tertiary/aromatic N) is 1. The molecular formula is C23H18ClN3O5. The van der Waals surface area contributed by atoms with Crippen molar-refractivity contribution in [1.29, 1.82) is 0 Å². The van der Waals surface area contributed by atoms with E-state index in [-0.39, 0.29) is 0 Å². The number of methoxy groups -OCH3 is 1. The first-order valence-corrected chi connectivity index (χ1v) is 9.69. The molecule has 8 nitrogen and oxygen atoms in total. The van der Waals surface area contributed by atoms with Gasteiger partial charge in [0.05, 0.1) is 29.6 Å². The van der Waals surface area contributed by atoms with E-state index < -0.39 is 17.8 Å². The summed E-state index contributed by atoms with van der Waals surface area (Å²) in [6.45, 7) is 0. The van der Waals surface area contributed by atoms with Crippen molar-refractivity contribution in [1.82, 2.24) is 5.43 Å². The van der Waals surface area contributed by atoms with Crippen molar-refractivity contribution in [3.63, 3.8) is 0 Å². The minimum absolute atomic E-state index is 0.310. The van der Waals surface area contributed by atoms with Crippen LogP contribution in [0, 0.1) is 0 Å². The zero-order valence-corrected chi connectivity index (χ0v) is 17.6. The lowest BCUT2D eigenvalue weighted by Crippen LogP contribution is -2.32. The van der Waals surface area contributed by atoms with Gasteiger partial charge in [0.15, 0.2) is 0 Å². The number of hydrogen-bond donors (Lipinski definition) is 2. The molecule has 0 bridgehead atoms. The Balaban J connectivity index is 1.52. The van der Waals surface area contributed by atoms with E-state index in [9.17, 15) is 14.4 Å². The lowest BCUT2D eigenvalue weighted by Gasteiger charge is -2.06. The molecule has 0 aliphatic carbocycles. The number of anilines is 1. The summed E-state index contributed by atoms with van der Waals surface area (Å²) in [6.07, 6.45) is 1.34. The fourth-order valence-electron chi connectivity index (χ4n) is 2.50. The molecule has 3 aromatic rings. The van der Waals surface area contributed by atoms with E-state index in [0.29, 0.717) is 33.3 Å². The molecule has 0 spiro atoms. The molecule has 0 heterocycles. The van der Waals surface area contributed by atoms with Crippen molar-refractivity contribution < 1.29 is 23.9 Å². The first-order valence-electron chi connectivity index (χ1n) is 9.31. The summed E-state index contributed by atoms with van der Waals surface area (Å²) < 4.78 is 10.4. The van der Waals surface area contributed by atoms with Gasteiger partial charge in [-0.05, 0) is 60.2 Å². The van der Waals surface area contributed by atoms with Crippen LogP contribution in [-0.4, -0.2) is 31.1 Å². The Hall–Kier alpha value is -4.17. The van der Waals surface area contributed by atoms with Crippen LogP contribution in [0.15, 0.2) is 77.9 Å². The molecular weight excluding hydrogens is 434 g/mol. The van der Waals surface area contributed by atoms with Crippen LogP contribution in [0.2, 0.25) is 5.02 Å². The van der Waals surface area contributed by atoms with Crippen LogP contribution >= 0.6 is 11.6 Å². The third-order valence-electron chi connectivity index (χ3n) is 4.10. The van der Waals surface area contributed by atoms with Crippen LogP contribution in [0.1, 0.15) is 15.9 Å². The van der Waals surface area contributed by atoms with E-state index in [1.54, 1.807) is 72.8 Å². The Kier molecular flexibility index (Phi) is 7.55. The molecule has 0 fully saturated rings. The average molecular weight is 452 g/mol. The van der Waals surface area contributed by atoms with Crippen molar-refractivity contribution in [2.45, 2.75) is 0 Å². The van der Waals surface area contributed by atoms with E-state index in [0.717, 1.165) is 0 Å². The number of halogens is 1. The van der Waals surface area contributed by atoms with Gasteiger partial charge in [0.1, 0.15) is 11.5 Å². The van der Waals surface area contributed by atoms with Gasteiger partial charge in [0, 0.05) is 0 Å². The molecule has 2 N–H and O–H groups in total. The number of hydrogen-bond acceptors (Lipinski definition) is 6. The van der Waals surface area contributed by atoms with Gasteiger partial charge in [0.2, 0.25) is 0 Å². The molecule has 9 heteroatoms. The quantitative estimate of drug-likeness (QED) is 0.195. The molecule has 162 valence electrons. The molecule has 2 amide bonds. The van der Waals surface area contributed by atoms with Gasteiger partial charge in [0.25, 0.3) is 0 Å². The Labute approximate surface area is 188 Å². The van der Waals surface area contributed by atoms with Crippen LogP contribution in [-0.2, 0) is 9.59 Å². The van der Waals surface area contributed by atoms with Crippen LogP contribution in [0.25, 0.3) is 0 Å². The Morgan fingerprint density at radius 1 is 0.906 bits per heavy atom. The zero-order chi connectivity index (χ0) is 22.9. The summed E-state index contributed by atoms with van der Waals surface area (Å²) in [5.74, 6) is -1.51. The molecule has 32 heavy (non-hydrogen) atoms. The highest BCUT2D eigenvalue weighted by Gasteiger charge is 2.14. The van der Waals surface area contributed by atoms with Crippen molar-refractivity contribution in [2.75, 3.05) is 12.4 Å². The van der Waals surface area contributed by atoms with E-state index in [4.69, 9.17) is 21.1 Å². The number of para-hydroxylation sites is 1. The molecule has 3 rings (SSSR count). The van der Waals surface area contributed by atoms with Gasteiger partial charge in [-0.1, -0.05) is 29.8 Å². The fourth-order valence-corrected chi connectivity index (χ4v) is 2.68. The summed E-state index contributed by atoms with van der Waals surface area (Å²) in [5, 5.41) is 6.45. The monoisotopic (exact) mass is 451 g/mol. The first-order chi connectivity index (χ1) is 15.5. The maximum Gasteiger partial charge on any atom is 0.343 e. The van der Waals surface area contributed by atoms with Gasteiger partial charge in [-0.3, -0.25) is 9.59 Å². The minimum atomic E-state index is -0.954. The largest absolute Gasteiger partial charge is 0.497 e. The lowest BCUT2D eigenvalue weighted by molar-refractivity contribution is -0.136. The highest BCUT2D eigenvalue weighted by Crippen LogP contribution is 2.20. The van der Waals surface area contributed by atoms with Crippen molar-refractivity contribution in [2.24, 2.45) is 5.10 Å². The lowest BCUT2D eigenvalue weighted by atomic mass is 10.2. The summed E-state index contributed by atoms with van der Waals surface area (Å²) in [4.78, 5) is 36.0. The highest BCUT2D eigenvalue weighted by atomic mass is 35.5. The number of amides is 2. The van der Waals surface area contributed by atoms with Crippen molar-refractivity contribution in [3.8, 4) is 11.5 Å². The number of carbonyl (C=O) groups is 3. The second-order valence-corrected chi connectivity index (χ2v) is 6.73. The van der Waals surface area contributed by atoms with E-state index in [2.05, 4.69) is 15.8 Å². The predicted octanol–water partition coefficient (Wildman–Crippen LogP) is 3.66. The average Bonchev–Trinajstić information content (AvgIpc) is 2.81. The Bertz CT molecular complexity index is 1160. The van der Waals surface area contributed by atoms with Crippen molar-refractivity contribution >= 4 is 41.3 Å². The number of hydrazone groups is 1. The number of nitrogens with one attached hydrogen (secondary N) is 2. The summed E-state index contributed by atoms with van der Waals surface area (Å²) in [7, 11) is 1.51. The second-order valence-electron chi connectivity index (χ2n) is 6.32. The zero-order valence-electron chi connectivity index (χ0n) is 16.9. The predicted molar refractivity (Wildman–Crippen MR) is 120 cm³/mol. The summed E-state index contributed by atoms with van der Waals surface area (Å²) in [6, 6.07) is 19.6. The molecule has 0 atom stereocenters. The number of ether oxygens (including phenoxy) is 2. The molecule has 0 aliphatic rings. The normalized spacial score (nSPS) is 10.4. The number of rotatable bonds is 6. The third-order valence-corrected chi connectivity index (χ3v) is 4.43. The number of esters is 1. The molecule has 0 saturated carbocycles. The van der Waals surface area contributed by atoms with Crippen molar-refractivity contribution in [3.05, 3.63) is 88.9 Å². The summed E-state index contributed by atoms with van der Waals surface area (Å²) in [5.41, 5.74) is 3.41. The van der Waals surface area contributed by atoms with E-state index in [1.165, 1.54) is 13.3 Å². The Morgan fingerprint density at radius 3 is 2.38 bits per heavy atom. The second kappa shape index (κ2) is 10.7. The van der Waals surface area contributed by atoms with Gasteiger partial charge in [-0.15, -0.1) is 0 Å². The van der Waals surface area contributed by atoms with E-state index in [1.807, 2.05) is 0 Å². The number of benzene rings is 3. The van der Waals surface area contributed by atoms with Crippen LogP contribution in [0.3, 0.4) is 0 Å². The van der Waals surface area contributed by atoms with Crippen LogP contribution in [0.4, 0.5) is 5.69 Å². The maximum absolute atomic E-state index is 12.2. The standard InChI is InChI=1S/C23H18ClN3O5/c1-31-18-6-4-5-16(13-18)23(30)32-17-11-9-15(10-12-17)14-25-27-22(29)21(28)26-20-8-3-2-7-19(20)24/h2-14H,1H3,(H,26,28)(H,27,29)/b25-14+. The molecule has 0 saturated heterocycles. The smallest absolute Gasteiger partial charge is 0.343 e. The van der Waals surface area contributed by atoms with Gasteiger partial charge >= 0.3 is 17.8 Å². The van der Waals surface area contributed by atoms with Crippen LogP contribution < -0.4 is 20.2 Å². The Morgan fingerprint density at radius 2 is 1.66 bits per heavy atom. The minimum Gasteiger partial charge on any atom is -0.497 e. The first kappa shape index (κ1) is 22.5. The molecule has 3 aromatic carbocycles. The van der Waals surface area contributed by atoms with Gasteiger partial charge in [-0.2, -0.15) is 5.10 Å². The topological polar surface area (TPSA) is 106 Å². The third kappa shape index (κ3) is 6.16. The maximum atomic E-state index is 12.2. The van der Waals surface area contributed by atoms with E-state index >= 15 is 0 Å². The molecule has 0 aromatic heterocycles. The van der Waals surface area contributed by atoms with Gasteiger partial charge in [-0.25, -0.2) is 10.2 Å². The molecule has 0 aliphatic heterocycles. The SMILES string of the molecule is COc1cccc(C(=O)Oc2ccc(/C=N/NC(=O)C(=O)Nc3ccccc3Cl)cc2)c1. The number of carbonyl (C=O) groups excluding carboxylic acids is 3. The van der Waals surface area contributed by atoms with Crippen LogP contribution in [0.5, 0.6) is 11.5 Å². The molecule has 0 unspecified atom stereocenters. The van der Waals surface area contributed by atoms with Gasteiger partial charge < -0.3 is 14.8 Å². The fraction of sp³-hybridized carbons (Fsp3) is 0.0435. The summed E-state index contributed by atoms with van der Waals surface area (Å²) >= 11 is 5.94. The molecule has 0 radical (unpaired) electrons. The highest BCUT2D eigenvalue weighted by molar-refractivity contribution is 6.41.